The van der Waals surface area contributed by atoms with Gasteiger partial charge in [0.05, 0.1) is 16.9 Å². The molecule has 9 nitrogen and oxygen atoms in total. The molecule has 26 heavy (non-hydrogen) atoms. The number of nitro benzene ring substituents is 1. The summed E-state index contributed by atoms with van der Waals surface area (Å²) in [5.41, 5.74) is -0.349. The highest BCUT2D eigenvalue weighted by Crippen LogP contribution is 2.43. The molecule has 1 aliphatic carbocycles. The Labute approximate surface area is 150 Å². The summed E-state index contributed by atoms with van der Waals surface area (Å²) in [4.78, 5) is 21.8. The van der Waals surface area contributed by atoms with Gasteiger partial charge in [-0.25, -0.2) is 8.42 Å². The maximum Gasteiger partial charge on any atom is 0.322 e. The number of carboxylic acid groups (broad SMARTS) is 1. The fraction of sp³-hybridized carbons (Fsp3) is 0.562. The van der Waals surface area contributed by atoms with Crippen LogP contribution in [0.4, 0.5) is 5.69 Å². The maximum atomic E-state index is 13.2. The molecule has 1 saturated heterocycles. The number of carboxylic acids is 1. The first-order valence-electron chi connectivity index (χ1n) is 8.36. The topological polar surface area (TPSA) is 127 Å². The van der Waals surface area contributed by atoms with Crippen molar-refractivity contribution in [3.05, 3.63) is 28.3 Å². The number of rotatable bonds is 5. The molecule has 3 rings (SSSR count). The van der Waals surface area contributed by atoms with Crippen LogP contribution in [0, 0.1) is 16.0 Å². The smallest absolute Gasteiger partial charge is 0.322 e. The van der Waals surface area contributed by atoms with Crippen molar-refractivity contribution in [3.8, 4) is 5.75 Å². The zero-order chi connectivity index (χ0) is 19.1. The Hall–Kier alpha value is -2.20. The highest BCUT2D eigenvalue weighted by Gasteiger charge is 2.51. The van der Waals surface area contributed by atoms with Crippen LogP contribution in [0.3, 0.4) is 0 Å². The van der Waals surface area contributed by atoms with E-state index in [1.54, 1.807) is 0 Å². The van der Waals surface area contributed by atoms with Crippen molar-refractivity contribution in [1.82, 2.24) is 4.31 Å². The number of nitrogens with zero attached hydrogens (tertiary/aromatic N) is 2. The molecule has 1 heterocycles. The normalized spacial score (nSPS) is 26.3. The molecule has 10 heteroatoms. The summed E-state index contributed by atoms with van der Waals surface area (Å²) in [6, 6.07) is 1.81. The fourth-order valence-corrected chi connectivity index (χ4v) is 5.95. The molecule has 1 saturated carbocycles. The van der Waals surface area contributed by atoms with Crippen LogP contribution in [0.1, 0.15) is 32.1 Å². The highest BCUT2D eigenvalue weighted by atomic mass is 32.2. The summed E-state index contributed by atoms with van der Waals surface area (Å²) in [6.45, 7) is 0. The molecule has 142 valence electrons. The van der Waals surface area contributed by atoms with E-state index >= 15 is 0 Å². The summed E-state index contributed by atoms with van der Waals surface area (Å²) in [7, 11) is -2.91. The lowest BCUT2D eigenvalue weighted by molar-refractivity contribution is -0.385. The third kappa shape index (κ3) is 3.03. The summed E-state index contributed by atoms with van der Waals surface area (Å²) in [5.74, 6) is -1.32. The molecule has 1 N–H and O–H groups in total. The Morgan fingerprint density at radius 1 is 1.35 bits per heavy atom. The van der Waals surface area contributed by atoms with E-state index in [1.165, 1.54) is 7.11 Å². The lowest BCUT2D eigenvalue weighted by Crippen LogP contribution is -2.46. The minimum absolute atomic E-state index is 0.0274. The minimum atomic E-state index is -4.13. The Bertz CT molecular complexity index is 839. The summed E-state index contributed by atoms with van der Waals surface area (Å²) in [6.07, 6.45) is 3.54. The highest BCUT2D eigenvalue weighted by molar-refractivity contribution is 7.89. The van der Waals surface area contributed by atoms with E-state index in [4.69, 9.17) is 4.74 Å². The number of benzene rings is 1. The molecule has 3 unspecified atom stereocenters. The Balaban J connectivity index is 2.05. The van der Waals surface area contributed by atoms with Crippen molar-refractivity contribution in [1.29, 1.82) is 0 Å². The molecule has 1 aliphatic heterocycles. The fourth-order valence-electron chi connectivity index (χ4n) is 4.07. The Kier molecular flexibility index (Phi) is 4.89. The Morgan fingerprint density at radius 3 is 2.65 bits per heavy atom. The molecule has 1 aromatic rings. The third-order valence-corrected chi connectivity index (χ3v) is 7.17. The lowest BCUT2D eigenvalue weighted by atomic mass is 9.85. The van der Waals surface area contributed by atoms with Crippen LogP contribution in [0.2, 0.25) is 0 Å². The van der Waals surface area contributed by atoms with Crippen LogP contribution < -0.4 is 4.74 Å². The van der Waals surface area contributed by atoms with Gasteiger partial charge in [0.15, 0.2) is 5.75 Å². The molecule has 1 aromatic carbocycles. The summed E-state index contributed by atoms with van der Waals surface area (Å²) in [5, 5.41) is 20.6. The first-order valence-corrected chi connectivity index (χ1v) is 9.80. The van der Waals surface area contributed by atoms with Crippen molar-refractivity contribution in [2.75, 3.05) is 7.11 Å². The molecule has 0 amide bonds. The average molecular weight is 384 g/mol. The zero-order valence-electron chi connectivity index (χ0n) is 14.2. The van der Waals surface area contributed by atoms with Crippen molar-refractivity contribution in [2.24, 2.45) is 5.92 Å². The van der Waals surface area contributed by atoms with Crippen LogP contribution >= 0.6 is 0 Å². The average Bonchev–Trinajstić information content (AvgIpc) is 3.01. The molecule has 0 radical (unpaired) electrons. The quantitative estimate of drug-likeness (QED) is 0.607. The number of carbonyl (C=O) groups is 1. The number of fused-ring (bicyclic) bond motifs is 1. The zero-order valence-corrected chi connectivity index (χ0v) is 15.0. The van der Waals surface area contributed by atoms with Gasteiger partial charge in [0.2, 0.25) is 10.0 Å². The van der Waals surface area contributed by atoms with Gasteiger partial charge in [-0.2, -0.15) is 4.31 Å². The van der Waals surface area contributed by atoms with E-state index < -0.39 is 27.0 Å². The second kappa shape index (κ2) is 6.84. The number of nitro groups is 1. The van der Waals surface area contributed by atoms with Crippen LogP contribution in [0.5, 0.6) is 5.75 Å². The van der Waals surface area contributed by atoms with E-state index in [-0.39, 0.29) is 28.3 Å². The van der Waals surface area contributed by atoms with Gasteiger partial charge in [-0.15, -0.1) is 0 Å². The van der Waals surface area contributed by atoms with E-state index in [0.29, 0.717) is 12.8 Å². The standard InChI is InChI=1S/C16H20N2O7S/c1-25-15-9-11(6-7-13(15)18(21)22)26(23,24)17-12-5-3-2-4-10(12)8-14(17)16(19)20/h6-7,9-10,12,14H,2-5,8H2,1H3,(H,19,20). The number of aliphatic carboxylic acids is 1. The maximum absolute atomic E-state index is 13.2. The molecular formula is C16H20N2O7S. The van der Waals surface area contributed by atoms with E-state index in [1.807, 2.05) is 0 Å². The predicted octanol–water partition coefficient (Wildman–Crippen LogP) is 2.01. The van der Waals surface area contributed by atoms with E-state index in [2.05, 4.69) is 0 Å². The largest absolute Gasteiger partial charge is 0.490 e. The van der Waals surface area contributed by atoms with Crippen LogP contribution in [0.25, 0.3) is 0 Å². The number of hydrogen-bond acceptors (Lipinski definition) is 6. The second-order valence-corrected chi connectivity index (χ2v) is 8.47. The number of methoxy groups -OCH3 is 1. The van der Waals surface area contributed by atoms with E-state index in [0.717, 1.165) is 41.8 Å². The van der Waals surface area contributed by atoms with Gasteiger partial charge in [0, 0.05) is 18.2 Å². The summed E-state index contributed by atoms with van der Waals surface area (Å²) < 4.78 is 32.4. The van der Waals surface area contributed by atoms with Gasteiger partial charge in [-0.1, -0.05) is 12.8 Å². The van der Waals surface area contributed by atoms with Crippen molar-refractivity contribution >= 4 is 21.7 Å². The van der Waals surface area contributed by atoms with Crippen LogP contribution in [-0.2, 0) is 14.8 Å². The van der Waals surface area contributed by atoms with Gasteiger partial charge in [0.1, 0.15) is 6.04 Å². The van der Waals surface area contributed by atoms with Gasteiger partial charge in [0.25, 0.3) is 0 Å². The minimum Gasteiger partial charge on any atom is -0.490 e. The monoisotopic (exact) mass is 384 g/mol. The number of hydrogen-bond donors (Lipinski definition) is 1. The van der Waals surface area contributed by atoms with Crippen LogP contribution in [0.15, 0.2) is 23.1 Å². The van der Waals surface area contributed by atoms with Crippen LogP contribution in [-0.4, -0.2) is 47.9 Å². The molecule has 2 fully saturated rings. The molecule has 0 bridgehead atoms. The van der Waals surface area contributed by atoms with Crippen molar-refractivity contribution < 1.29 is 28.0 Å². The van der Waals surface area contributed by atoms with Gasteiger partial charge >= 0.3 is 11.7 Å². The van der Waals surface area contributed by atoms with E-state index in [9.17, 15) is 28.4 Å². The predicted molar refractivity (Wildman–Crippen MR) is 90.5 cm³/mol. The molecule has 2 aliphatic rings. The van der Waals surface area contributed by atoms with Crippen molar-refractivity contribution in [2.45, 2.75) is 49.1 Å². The van der Waals surface area contributed by atoms with Gasteiger partial charge in [-0.3, -0.25) is 14.9 Å². The number of sulfonamides is 1. The number of ether oxygens (including phenoxy) is 1. The lowest BCUT2D eigenvalue weighted by Gasteiger charge is -2.32. The van der Waals surface area contributed by atoms with Crippen molar-refractivity contribution in [3.63, 3.8) is 0 Å². The van der Waals surface area contributed by atoms with Gasteiger partial charge in [-0.05, 0) is 31.2 Å². The first-order chi connectivity index (χ1) is 12.3. The molecule has 0 aromatic heterocycles. The molecule has 0 spiro atoms. The third-order valence-electron chi connectivity index (χ3n) is 5.24. The Morgan fingerprint density at radius 2 is 2.04 bits per heavy atom. The van der Waals surface area contributed by atoms with Gasteiger partial charge < -0.3 is 9.84 Å². The SMILES string of the molecule is COc1cc(S(=O)(=O)N2C(C(=O)O)CC3CCCCC32)ccc1[N+](=O)[O-]. The summed E-state index contributed by atoms with van der Waals surface area (Å²) >= 11 is 0. The first kappa shape index (κ1) is 18.6. The molecule has 3 atom stereocenters. The molecular weight excluding hydrogens is 364 g/mol. The second-order valence-electron chi connectivity index (χ2n) is 6.63.